The fourth-order valence-electron chi connectivity index (χ4n) is 3.43. The van der Waals surface area contributed by atoms with Gasteiger partial charge >= 0.3 is 0 Å². The molecular weight excluding hydrogens is 350 g/mol. The third kappa shape index (κ3) is 4.17. The molecule has 144 valence electrons. The maximum absolute atomic E-state index is 5.40. The first-order chi connectivity index (χ1) is 13.7. The average Bonchev–Trinajstić information content (AvgIpc) is 3.23. The van der Waals surface area contributed by atoms with Gasteiger partial charge in [-0.2, -0.15) is 4.98 Å². The number of methoxy groups -OCH3 is 1. The van der Waals surface area contributed by atoms with Gasteiger partial charge in [-0.3, -0.25) is 0 Å². The molecule has 0 unspecified atom stereocenters. The highest BCUT2D eigenvalue weighted by Gasteiger charge is 2.12. The number of benzene rings is 2. The molecule has 0 amide bonds. The van der Waals surface area contributed by atoms with Crippen molar-refractivity contribution in [2.24, 2.45) is 0 Å². The van der Waals surface area contributed by atoms with Gasteiger partial charge in [0.15, 0.2) is 0 Å². The van der Waals surface area contributed by atoms with E-state index in [1.807, 2.05) is 37.3 Å². The van der Waals surface area contributed by atoms with Gasteiger partial charge in [-0.15, -0.1) is 0 Å². The summed E-state index contributed by atoms with van der Waals surface area (Å²) in [5, 5.41) is 6.62. The third-order valence-electron chi connectivity index (χ3n) is 4.82. The van der Waals surface area contributed by atoms with Crippen LogP contribution in [0.5, 0.6) is 5.75 Å². The van der Waals surface area contributed by atoms with E-state index in [2.05, 4.69) is 49.8 Å². The quantitative estimate of drug-likeness (QED) is 0.640. The lowest BCUT2D eigenvalue weighted by atomic mass is 10.2. The molecule has 0 bridgehead atoms. The van der Waals surface area contributed by atoms with Crippen LogP contribution < -0.4 is 20.3 Å². The predicted molar refractivity (Wildman–Crippen MR) is 114 cm³/mol. The number of rotatable bonds is 6. The van der Waals surface area contributed by atoms with Crippen LogP contribution >= 0.6 is 0 Å². The largest absolute Gasteiger partial charge is 0.495 e. The van der Waals surface area contributed by atoms with Crippen molar-refractivity contribution in [1.29, 1.82) is 0 Å². The SMILES string of the molecule is COc1ccccc1Nc1cc(C)nc(Nc2ccc(N3CCCC3)cc2)n1. The van der Waals surface area contributed by atoms with Crippen molar-refractivity contribution in [2.75, 3.05) is 35.7 Å². The predicted octanol–water partition coefficient (Wildman–Crippen LogP) is 4.88. The minimum absolute atomic E-state index is 0.561. The molecule has 6 nitrogen and oxygen atoms in total. The van der Waals surface area contributed by atoms with Gasteiger partial charge in [0.1, 0.15) is 11.6 Å². The fourth-order valence-corrected chi connectivity index (χ4v) is 3.43. The van der Waals surface area contributed by atoms with E-state index in [9.17, 15) is 0 Å². The summed E-state index contributed by atoms with van der Waals surface area (Å²) in [5.74, 6) is 2.05. The molecule has 0 atom stereocenters. The van der Waals surface area contributed by atoms with Crippen LogP contribution in [0.4, 0.5) is 28.8 Å². The Morgan fingerprint density at radius 2 is 1.68 bits per heavy atom. The van der Waals surface area contributed by atoms with Crippen LogP contribution in [-0.2, 0) is 0 Å². The topological polar surface area (TPSA) is 62.3 Å². The fraction of sp³-hybridized carbons (Fsp3) is 0.273. The van der Waals surface area contributed by atoms with E-state index >= 15 is 0 Å². The number of hydrogen-bond donors (Lipinski definition) is 2. The van der Waals surface area contributed by atoms with Crippen LogP contribution in [0.1, 0.15) is 18.5 Å². The van der Waals surface area contributed by atoms with E-state index in [-0.39, 0.29) is 0 Å². The second-order valence-electron chi connectivity index (χ2n) is 6.91. The molecule has 0 spiro atoms. The maximum Gasteiger partial charge on any atom is 0.229 e. The Balaban J connectivity index is 1.50. The Bertz CT molecular complexity index is 936. The highest BCUT2D eigenvalue weighted by molar-refractivity contribution is 5.66. The maximum atomic E-state index is 5.40. The Labute approximate surface area is 165 Å². The summed E-state index contributed by atoms with van der Waals surface area (Å²) >= 11 is 0. The summed E-state index contributed by atoms with van der Waals surface area (Å²) in [6.07, 6.45) is 2.55. The van der Waals surface area contributed by atoms with Crippen LogP contribution in [0.25, 0.3) is 0 Å². The lowest BCUT2D eigenvalue weighted by Crippen LogP contribution is -2.17. The molecule has 2 aromatic carbocycles. The van der Waals surface area contributed by atoms with Crippen molar-refractivity contribution in [3.63, 3.8) is 0 Å². The number of nitrogens with one attached hydrogen (secondary N) is 2. The number of nitrogens with zero attached hydrogens (tertiary/aromatic N) is 3. The summed E-state index contributed by atoms with van der Waals surface area (Å²) < 4.78 is 5.40. The van der Waals surface area contributed by atoms with Gasteiger partial charge in [-0.05, 0) is 56.2 Å². The third-order valence-corrected chi connectivity index (χ3v) is 4.82. The second kappa shape index (κ2) is 8.17. The first-order valence-corrected chi connectivity index (χ1v) is 9.59. The van der Waals surface area contributed by atoms with Gasteiger partial charge in [0, 0.05) is 36.2 Å². The Kier molecular flexibility index (Phi) is 5.28. The van der Waals surface area contributed by atoms with E-state index in [0.29, 0.717) is 11.8 Å². The summed E-state index contributed by atoms with van der Waals surface area (Å²) in [4.78, 5) is 11.5. The Hall–Kier alpha value is -3.28. The van der Waals surface area contributed by atoms with Crippen molar-refractivity contribution in [1.82, 2.24) is 9.97 Å². The first kappa shape index (κ1) is 18.1. The van der Waals surface area contributed by atoms with E-state index in [1.54, 1.807) is 7.11 Å². The Morgan fingerprint density at radius 1 is 0.929 bits per heavy atom. The molecule has 1 aliphatic heterocycles. The summed E-state index contributed by atoms with van der Waals surface area (Å²) in [6.45, 7) is 4.24. The van der Waals surface area contributed by atoms with Gasteiger partial charge < -0.3 is 20.3 Å². The minimum atomic E-state index is 0.561. The first-order valence-electron chi connectivity index (χ1n) is 9.59. The number of aromatic nitrogens is 2. The van der Waals surface area contributed by atoms with E-state index in [1.165, 1.54) is 18.5 Å². The van der Waals surface area contributed by atoms with Crippen molar-refractivity contribution in [3.8, 4) is 5.75 Å². The molecule has 2 N–H and O–H groups in total. The smallest absolute Gasteiger partial charge is 0.229 e. The number of aryl methyl sites for hydroxylation is 1. The molecule has 0 aliphatic carbocycles. The van der Waals surface area contributed by atoms with Crippen LogP contribution in [0.15, 0.2) is 54.6 Å². The highest BCUT2D eigenvalue weighted by atomic mass is 16.5. The molecule has 3 aromatic rings. The van der Waals surface area contributed by atoms with Crippen molar-refractivity contribution in [3.05, 3.63) is 60.3 Å². The van der Waals surface area contributed by atoms with Gasteiger partial charge in [0.2, 0.25) is 5.95 Å². The zero-order chi connectivity index (χ0) is 19.3. The number of hydrogen-bond acceptors (Lipinski definition) is 6. The molecule has 0 radical (unpaired) electrons. The molecular formula is C22H25N5O. The standard InChI is InChI=1S/C22H25N5O/c1-16-15-21(25-19-7-3-4-8-20(19)28-2)26-22(23-16)24-17-9-11-18(12-10-17)27-13-5-6-14-27/h3-4,7-12,15H,5-6,13-14H2,1-2H3,(H2,23,24,25,26). The summed E-state index contributed by atoms with van der Waals surface area (Å²) in [7, 11) is 1.66. The molecule has 1 saturated heterocycles. The van der Waals surface area contributed by atoms with Crippen molar-refractivity contribution < 1.29 is 4.74 Å². The summed E-state index contributed by atoms with van der Waals surface area (Å²) in [6, 6.07) is 18.1. The monoisotopic (exact) mass is 375 g/mol. The summed E-state index contributed by atoms with van der Waals surface area (Å²) in [5.41, 5.74) is 3.98. The van der Waals surface area contributed by atoms with Crippen LogP contribution in [0.2, 0.25) is 0 Å². The Morgan fingerprint density at radius 3 is 2.43 bits per heavy atom. The molecule has 1 aromatic heterocycles. The molecule has 6 heteroatoms. The van der Waals surface area contributed by atoms with E-state index in [4.69, 9.17) is 4.74 Å². The molecule has 4 rings (SSSR count). The van der Waals surface area contributed by atoms with Crippen LogP contribution in [-0.4, -0.2) is 30.2 Å². The molecule has 0 saturated carbocycles. The average molecular weight is 375 g/mol. The van der Waals surface area contributed by atoms with Gasteiger partial charge in [0.05, 0.1) is 12.8 Å². The second-order valence-corrected chi connectivity index (χ2v) is 6.91. The zero-order valence-corrected chi connectivity index (χ0v) is 16.3. The van der Waals surface area contributed by atoms with Crippen LogP contribution in [0.3, 0.4) is 0 Å². The number of anilines is 5. The lowest BCUT2D eigenvalue weighted by Gasteiger charge is -2.18. The van der Waals surface area contributed by atoms with E-state index in [0.717, 1.165) is 35.9 Å². The van der Waals surface area contributed by atoms with Gasteiger partial charge in [-0.25, -0.2) is 4.98 Å². The van der Waals surface area contributed by atoms with E-state index < -0.39 is 0 Å². The van der Waals surface area contributed by atoms with Crippen molar-refractivity contribution in [2.45, 2.75) is 19.8 Å². The normalized spacial score (nSPS) is 13.4. The zero-order valence-electron chi connectivity index (χ0n) is 16.3. The molecule has 28 heavy (non-hydrogen) atoms. The van der Waals surface area contributed by atoms with Gasteiger partial charge in [-0.1, -0.05) is 12.1 Å². The molecule has 2 heterocycles. The highest BCUT2D eigenvalue weighted by Crippen LogP contribution is 2.27. The number of para-hydroxylation sites is 2. The minimum Gasteiger partial charge on any atom is -0.495 e. The molecule has 1 aliphatic rings. The number of ether oxygens (including phenoxy) is 1. The van der Waals surface area contributed by atoms with Crippen molar-refractivity contribution >= 4 is 28.8 Å². The van der Waals surface area contributed by atoms with Gasteiger partial charge in [0.25, 0.3) is 0 Å². The lowest BCUT2D eigenvalue weighted by molar-refractivity contribution is 0.417. The van der Waals surface area contributed by atoms with Crippen LogP contribution in [0, 0.1) is 6.92 Å². The molecule has 1 fully saturated rings.